The molecule has 3 aromatic rings. The summed E-state index contributed by atoms with van der Waals surface area (Å²) in [6, 6.07) is 21.5. The lowest BCUT2D eigenvalue weighted by Gasteiger charge is -1.91. The van der Waals surface area contributed by atoms with Crippen LogP contribution in [0.4, 0.5) is 5.69 Å². The van der Waals surface area contributed by atoms with Gasteiger partial charge < -0.3 is 5.73 Å². The molecule has 3 rings (SSSR count). The highest BCUT2D eigenvalue weighted by molar-refractivity contribution is 9.10. The van der Waals surface area contributed by atoms with Crippen LogP contribution in [0, 0.1) is 6.92 Å². The normalized spacial score (nSPS) is 8.48. The fraction of sp³-hybridized carbons (Fsp3) is 0.105. The standard InChI is InChI=1S/C7H7Br.C6H6BrN.C5H5N.CH4/c1-6-4-2-3-5-7(6)8;7-5-3-1-2-4-6(5)8;1-2-4-6-5-3-1;/h2-5H,1H3;1-4H,8H2;1-5H;1H4. The lowest BCUT2D eigenvalue weighted by Crippen LogP contribution is -1.82. The van der Waals surface area contributed by atoms with E-state index in [2.05, 4.69) is 49.8 Å². The van der Waals surface area contributed by atoms with Crippen molar-refractivity contribution in [1.29, 1.82) is 0 Å². The molecule has 4 heteroatoms. The minimum atomic E-state index is 0. The van der Waals surface area contributed by atoms with Gasteiger partial charge in [-0.2, -0.15) is 0 Å². The van der Waals surface area contributed by atoms with Crippen LogP contribution in [0.2, 0.25) is 0 Å². The monoisotopic (exact) mass is 436 g/mol. The van der Waals surface area contributed by atoms with Crippen LogP contribution in [0.3, 0.4) is 0 Å². The van der Waals surface area contributed by atoms with E-state index < -0.39 is 0 Å². The van der Waals surface area contributed by atoms with Crippen LogP contribution < -0.4 is 5.73 Å². The number of aryl methyl sites for hydroxylation is 1. The van der Waals surface area contributed by atoms with Crippen molar-refractivity contribution in [2.24, 2.45) is 0 Å². The van der Waals surface area contributed by atoms with E-state index in [4.69, 9.17) is 5.73 Å². The number of nitrogens with zero attached hydrogens (tertiary/aromatic N) is 1. The second-order valence-corrected chi connectivity index (χ2v) is 6.00. The fourth-order valence-electron chi connectivity index (χ4n) is 1.34. The molecule has 0 atom stereocenters. The van der Waals surface area contributed by atoms with Crippen molar-refractivity contribution in [2.45, 2.75) is 14.4 Å². The third-order valence-corrected chi connectivity index (χ3v) is 4.16. The van der Waals surface area contributed by atoms with E-state index in [1.54, 1.807) is 12.4 Å². The number of pyridine rings is 1. The van der Waals surface area contributed by atoms with E-state index in [9.17, 15) is 0 Å². The molecule has 0 saturated carbocycles. The molecule has 0 bridgehead atoms. The smallest absolute Gasteiger partial charge is 0.0458 e. The summed E-state index contributed by atoms with van der Waals surface area (Å²) in [4.78, 5) is 3.78. The Labute approximate surface area is 156 Å². The predicted octanol–water partition coefficient (Wildman–Crippen LogP) is 6.51. The first-order valence-corrected chi connectivity index (χ1v) is 8.26. The Kier molecular flexibility index (Phi) is 11.9. The summed E-state index contributed by atoms with van der Waals surface area (Å²) in [6.45, 7) is 2.07. The Morgan fingerprint density at radius 3 is 1.52 bits per heavy atom. The number of nitrogen functional groups attached to an aromatic ring is 1. The van der Waals surface area contributed by atoms with E-state index in [0.717, 1.165) is 10.2 Å². The average molecular weight is 438 g/mol. The third-order valence-electron chi connectivity index (χ3n) is 2.55. The molecule has 23 heavy (non-hydrogen) atoms. The molecule has 1 aromatic heterocycles. The number of anilines is 1. The van der Waals surface area contributed by atoms with Crippen LogP contribution in [-0.2, 0) is 0 Å². The maximum absolute atomic E-state index is 5.47. The average Bonchev–Trinajstić information content (AvgIpc) is 2.56. The molecule has 0 aliphatic heterocycles. The zero-order chi connectivity index (χ0) is 16.2. The quantitative estimate of drug-likeness (QED) is 0.407. The van der Waals surface area contributed by atoms with Gasteiger partial charge in [0, 0.05) is 27.0 Å². The highest BCUT2D eigenvalue weighted by Gasteiger charge is 1.87. The minimum Gasteiger partial charge on any atom is -0.398 e. The molecular weight excluding hydrogens is 416 g/mol. The van der Waals surface area contributed by atoms with E-state index in [1.165, 1.54) is 10.0 Å². The second kappa shape index (κ2) is 12.9. The van der Waals surface area contributed by atoms with Crippen molar-refractivity contribution in [3.8, 4) is 0 Å². The molecule has 0 amide bonds. The molecule has 2 nitrogen and oxygen atoms in total. The summed E-state index contributed by atoms with van der Waals surface area (Å²) >= 11 is 6.67. The number of hydrogen-bond donors (Lipinski definition) is 1. The number of halogens is 2. The van der Waals surface area contributed by atoms with Crippen molar-refractivity contribution in [1.82, 2.24) is 4.98 Å². The second-order valence-electron chi connectivity index (χ2n) is 4.30. The number of aromatic nitrogens is 1. The van der Waals surface area contributed by atoms with Crippen molar-refractivity contribution >= 4 is 37.5 Å². The number of rotatable bonds is 0. The first kappa shape index (κ1) is 21.4. The fourth-order valence-corrected chi connectivity index (χ4v) is 1.91. The Hall–Kier alpha value is -1.65. The van der Waals surface area contributed by atoms with Crippen LogP contribution in [-0.4, -0.2) is 4.98 Å². The van der Waals surface area contributed by atoms with Crippen LogP contribution in [0.15, 0.2) is 88.1 Å². The Morgan fingerprint density at radius 1 is 0.739 bits per heavy atom. The topological polar surface area (TPSA) is 38.9 Å². The van der Waals surface area contributed by atoms with Crippen LogP contribution in [0.25, 0.3) is 0 Å². The van der Waals surface area contributed by atoms with Crippen molar-refractivity contribution < 1.29 is 0 Å². The molecule has 122 valence electrons. The summed E-state index contributed by atoms with van der Waals surface area (Å²) in [5.41, 5.74) is 7.54. The largest absolute Gasteiger partial charge is 0.398 e. The molecule has 0 aliphatic carbocycles. The van der Waals surface area contributed by atoms with Gasteiger partial charge in [0.2, 0.25) is 0 Å². The molecule has 0 aliphatic rings. The number of nitrogens with two attached hydrogens (primary N) is 1. The molecular formula is C19H22Br2N2. The maximum atomic E-state index is 5.47. The highest BCUT2D eigenvalue weighted by atomic mass is 79.9. The lowest BCUT2D eigenvalue weighted by atomic mass is 10.2. The van der Waals surface area contributed by atoms with E-state index in [-0.39, 0.29) is 7.43 Å². The number of benzene rings is 2. The summed E-state index contributed by atoms with van der Waals surface area (Å²) in [7, 11) is 0. The molecule has 0 spiro atoms. The molecule has 2 aromatic carbocycles. The van der Waals surface area contributed by atoms with Crippen molar-refractivity contribution in [2.75, 3.05) is 5.73 Å². The Morgan fingerprint density at radius 2 is 1.26 bits per heavy atom. The van der Waals surface area contributed by atoms with Gasteiger partial charge in [-0.15, -0.1) is 0 Å². The number of hydrogen-bond acceptors (Lipinski definition) is 2. The van der Waals surface area contributed by atoms with Gasteiger partial charge in [-0.3, -0.25) is 4.98 Å². The van der Waals surface area contributed by atoms with E-state index in [1.807, 2.05) is 60.7 Å². The van der Waals surface area contributed by atoms with Crippen LogP contribution in [0.1, 0.15) is 13.0 Å². The predicted molar refractivity (Wildman–Crippen MR) is 108 cm³/mol. The molecule has 2 N–H and O–H groups in total. The maximum Gasteiger partial charge on any atom is 0.0458 e. The van der Waals surface area contributed by atoms with Gasteiger partial charge in [-0.05, 0) is 58.7 Å². The van der Waals surface area contributed by atoms with Crippen molar-refractivity contribution in [3.05, 3.63) is 93.6 Å². The molecule has 0 radical (unpaired) electrons. The summed E-state index contributed by atoms with van der Waals surface area (Å²) in [6.07, 6.45) is 3.50. The van der Waals surface area contributed by atoms with Gasteiger partial charge >= 0.3 is 0 Å². The first-order valence-electron chi connectivity index (χ1n) is 6.67. The highest BCUT2D eigenvalue weighted by Crippen LogP contribution is 2.16. The minimum absolute atomic E-state index is 0. The molecule has 0 fully saturated rings. The van der Waals surface area contributed by atoms with Crippen LogP contribution >= 0.6 is 31.9 Å². The van der Waals surface area contributed by atoms with E-state index >= 15 is 0 Å². The SMILES string of the molecule is C.Cc1ccccc1Br.Nc1ccccc1Br.c1ccncc1. The third kappa shape index (κ3) is 9.87. The zero-order valence-electron chi connectivity index (χ0n) is 12.3. The van der Waals surface area contributed by atoms with E-state index in [0.29, 0.717) is 0 Å². The molecule has 1 heterocycles. The summed E-state index contributed by atoms with van der Waals surface area (Å²) in [5, 5.41) is 0. The Balaban J connectivity index is 0.000000312. The van der Waals surface area contributed by atoms with Gasteiger partial charge in [0.15, 0.2) is 0 Å². The number of para-hydroxylation sites is 1. The molecule has 0 saturated heterocycles. The molecule has 0 unspecified atom stereocenters. The Bertz CT molecular complexity index is 546. The van der Waals surface area contributed by atoms with Gasteiger partial charge in [-0.25, -0.2) is 0 Å². The summed E-state index contributed by atoms with van der Waals surface area (Å²) < 4.78 is 2.14. The van der Waals surface area contributed by atoms with Gasteiger partial charge in [-0.1, -0.05) is 59.8 Å². The van der Waals surface area contributed by atoms with Crippen molar-refractivity contribution in [3.63, 3.8) is 0 Å². The van der Waals surface area contributed by atoms with Gasteiger partial charge in [0.05, 0.1) is 0 Å². The zero-order valence-corrected chi connectivity index (χ0v) is 15.5. The van der Waals surface area contributed by atoms with Crippen LogP contribution in [0.5, 0.6) is 0 Å². The van der Waals surface area contributed by atoms with Gasteiger partial charge in [0.1, 0.15) is 0 Å². The first-order chi connectivity index (χ1) is 10.6. The lowest BCUT2D eigenvalue weighted by molar-refractivity contribution is 1.33. The van der Waals surface area contributed by atoms with Gasteiger partial charge in [0.25, 0.3) is 0 Å². The summed E-state index contributed by atoms with van der Waals surface area (Å²) in [5.74, 6) is 0.